The highest BCUT2D eigenvalue weighted by molar-refractivity contribution is 6.39. The molecule has 4 aliphatic rings. The van der Waals surface area contributed by atoms with Crippen LogP contribution in [0.15, 0.2) is 47.6 Å². The Bertz CT molecular complexity index is 1760. The van der Waals surface area contributed by atoms with Gasteiger partial charge in [-0.05, 0) is 107 Å². The summed E-state index contributed by atoms with van der Waals surface area (Å²) in [6.45, 7) is 12.7. The number of aliphatic hydroxyl groups is 3. The quantitative estimate of drug-likeness (QED) is 0.156. The van der Waals surface area contributed by atoms with E-state index in [-0.39, 0.29) is 54.8 Å². The van der Waals surface area contributed by atoms with Crippen molar-refractivity contribution in [1.29, 1.82) is 0 Å². The van der Waals surface area contributed by atoms with E-state index in [1.165, 1.54) is 12.0 Å². The van der Waals surface area contributed by atoms with Gasteiger partial charge < -0.3 is 43.9 Å². The Kier molecular flexibility index (Phi) is 21.0. The molecule has 2 saturated heterocycles. The van der Waals surface area contributed by atoms with E-state index in [2.05, 4.69) is 0 Å². The topological polar surface area (TPSA) is 195 Å². The molecule has 5 unspecified atom stereocenters. The first-order valence-corrected chi connectivity index (χ1v) is 23.9. The van der Waals surface area contributed by atoms with Crippen molar-refractivity contribution in [3.05, 3.63) is 47.6 Å². The van der Waals surface area contributed by atoms with Crippen LogP contribution < -0.4 is 0 Å². The molecule has 1 amide bonds. The Balaban J connectivity index is 1.70. The highest BCUT2D eigenvalue weighted by Crippen LogP contribution is 2.38. The second-order valence-corrected chi connectivity index (χ2v) is 19.6. The normalized spacial score (nSPS) is 40.4. The summed E-state index contributed by atoms with van der Waals surface area (Å²) >= 11 is 0. The number of rotatable bonds is 6. The van der Waals surface area contributed by atoms with Crippen LogP contribution in [0.3, 0.4) is 0 Å². The van der Waals surface area contributed by atoms with Crippen molar-refractivity contribution < 1.29 is 63.0 Å². The fraction of sp³-hybridized carbons (Fsp3) is 0.745. The van der Waals surface area contributed by atoms with Crippen molar-refractivity contribution >= 4 is 29.2 Å². The molecule has 14 heteroatoms. The predicted octanol–water partition coefficient (Wildman–Crippen LogP) is 6.18. The number of Topliss-reactive ketones (excluding diaryl/α,β-unsaturated/α-hetero) is 3. The minimum Gasteiger partial charge on any atom is -0.460 e. The van der Waals surface area contributed by atoms with Gasteiger partial charge in [0.15, 0.2) is 5.78 Å². The number of esters is 1. The van der Waals surface area contributed by atoms with Crippen molar-refractivity contribution in [2.24, 2.45) is 35.5 Å². The highest BCUT2D eigenvalue weighted by Gasteiger charge is 2.53. The largest absolute Gasteiger partial charge is 0.460 e. The molecule has 2 bridgehead atoms. The summed E-state index contributed by atoms with van der Waals surface area (Å²) in [7, 11) is 4.52. The standard InChI is InChI=1S/C51H79NO13/c1-30-16-12-11-13-17-31(2)42(61-8)28-38-21-19-36(7)51(60,65-38)48(57)49(58)52-23-15-14-18-39(52)50(59)64-43(33(4)26-37-20-22-40(53)44(27-37)62-9)29-41(54)32(3)25-35(6)46(56)47(63-10)45(55)34(5)24-30/h11-13,16-17,25,30,32-34,36-40,42-44,46-47,53,56,60H,14-15,18-24,26-29H2,1-10H3/b13-11+,16-12+,31-17+,35-25+/t30-,32-,33-,34?,36-,37?,38+,39+,40-,42+,43?,44?,46-,47?,51-/m1/s1. The van der Waals surface area contributed by atoms with Crippen LogP contribution in [0.4, 0.5) is 0 Å². The lowest BCUT2D eigenvalue weighted by atomic mass is 9.78. The number of piperidine rings is 1. The van der Waals surface area contributed by atoms with Crippen LogP contribution >= 0.6 is 0 Å². The maximum absolute atomic E-state index is 14.4. The van der Waals surface area contributed by atoms with Gasteiger partial charge in [0.25, 0.3) is 11.7 Å². The van der Waals surface area contributed by atoms with Crippen LogP contribution in [0, 0.1) is 35.5 Å². The zero-order valence-corrected chi connectivity index (χ0v) is 40.6. The predicted molar refractivity (Wildman–Crippen MR) is 245 cm³/mol. The monoisotopic (exact) mass is 914 g/mol. The van der Waals surface area contributed by atoms with E-state index in [0.717, 1.165) is 12.0 Å². The maximum Gasteiger partial charge on any atom is 0.329 e. The SMILES string of the molecule is COC1CC(C[C@@H](C)C2CC(=O)[C@H](C)/C=C(\C)[C@@H](O)C(OC)C(=O)C(C)C[C@H](C)/C=C/C=C/C=C(\C)[C@@H](OC)C[C@@H]3CC[C@@H](C)[C@@](O)(O3)C(=O)C(=O)N3CCCC[C@H]3C(=O)O2)CC[C@H]1O. The number of carbonyl (C=O) groups excluding carboxylic acids is 5. The van der Waals surface area contributed by atoms with Crippen LogP contribution in [0.1, 0.15) is 126 Å². The second kappa shape index (κ2) is 25.1. The summed E-state index contributed by atoms with van der Waals surface area (Å²) in [4.78, 5) is 71.8. The molecule has 1 saturated carbocycles. The van der Waals surface area contributed by atoms with Crippen molar-refractivity contribution in [3.63, 3.8) is 0 Å². The number of cyclic esters (lactones) is 1. The lowest BCUT2D eigenvalue weighted by molar-refractivity contribution is -0.265. The minimum atomic E-state index is -2.43. The van der Waals surface area contributed by atoms with Crippen molar-refractivity contribution in [1.82, 2.24) is 4.90 Å². The average molecular weight is 914 g/mol. The molecule has 14 nitrogen and oxygen atoms in total. The molecule has 0 radical (unpaired) electrons. The first-order chi connectivity index (χ1) is 30.7. The molecule has 3 N–H and O–H groups in total. The minimum absolute atomic E-state index is 0.0193. The van der Waals surface area contributed by atoms with Crippen LogP contribution in [-0.2, 0) is 47.7 Å². The van der Waals surface area contributed by atoms with Gasteiger partial charge in [-0.25, -0.2) is 4.79 Å². The molecule has 3 fully saturated rings. The number of allylic oxidation sites excluding steroid dienone is 6. The Morgan fingerprint density at radius 2 is 1.57 bits per heavy atom. The molecule has 1 aliphatic carbocycles. The van der Waals surface area contributed by atoms with Gasteiger partial charge in [0.2, 0.25) is 5.79 Å². The van der Waals surface area contributed by atoms with Crippen molar-refractivity contribution in [2.75, 3.05) is 27.9 Å². The molecular weight excluding hydrogens is 835 g/mol. The van der Waals surface area contributed by atoms with E-state index < -0.39 is 83.9 Å². The van der Waals surface area contributed by atoms with Crippen LogP contribution in [0.5, 0.6) is 0 Å². The number of amides is 1. The van der Waals surface area contributed by atoms with Crippen LogP contribution in [0.2, 0.25) is 0 Å². The highest BCUT2D eigenvalue weighted by atomic mass is 16.6. The van der Waals surface area contributed by atoms with E-state index in [9.17, 15) is 39.3 Å². The fourth-order valence-corrected chi connectivity index (χ4v) is 10.1. The summed E-state index contributed by atoms with van der Waals surface area (Å²) in [6.07, 6.45) is 11.2. The number of carbonyl (C=O) groups is 5. The van der Waals surface area contributed by atoms with Gasteiger partial charge in [-0.1, -0.05) is 71.1 Å². The fourth-order valence-electron chi connectivity index (χ4n) is 10.1. The summed E-state index contributed by atoms with van der Waals surface area (Å²) in [5.41, 5.74) is 1.27. The number of hydrogen-bond donors (Lipinski definition) is 3. The number of nitrogens with zero attached hydrogens (tertiary/aromatic N) is 1. The smallest absolute Gasteiger partial charge is 0.329 e. The lowest BCUT2D eigenvalue weighted by Gasteiger charge is -2.42. The number of aliphatic hydroxyl groups excluding tert-OH is 2. The van der Waals surface area contributed by atoms with Gasteiger partial charge in [0, 0.05) is 58.5 Å². The van der Waals surface area contributed by atoms with Crippen LogP contribution in [0.25, 0.3) is 0 Å². The zero-order chi connectivity index (χ0) is 48.2. The average Bonchev–Trinajstić information content (AvgIpc) is 3.28. The maximum atomic E-state index is 14.4. The molecule has 0 aromatic heterocycles. The first-order valence-electron chi connectivity index (χ1n) is 23.9. The molecule has 65 heavy (non-hydrogen) atoms. The third kappa shape index (κ3) is 14.3. The molecular formula is C51H79NO13. The molecule has 0 aromatic rings. The van der Waals surface area contributed by atoms with Gasteiger partial charge in [0.1, 0.15) is 30.1 Å². The Labute approximate surface area is 387 Å². The van der Waals surface area contributed by atoms with Gasteiger partial charge in [0.05, 0.1) is 24.4 Å². The Morgan fingerprint density at radius 1 is 0.846 bits per heavy atom. The van der Waals surface area contributed by atoms with Gasteiger partial charge in [-0.2, -0.15) is 0 Å². The van der Waals surface area contributed by atoms with E-state index >= 15 is 0 Å². The summed E-state index contributed by atoms with van der Waals surface area (Å²) < 4.78 is 29.4. The number of fused-ring (bicyclic) bond motifs is 3. The molecule has 0 aromatic carbocycles. The third-order valence-electron chi connectivity index (χ3n) is 14.5. The second-order valence-electron chi connectivity index (χ2n) is 19.6. The number of ketones is 3. The molecule has 0 spiro atoms. The lowest BCUT2D eigenvalue weighted by Crippen LogP contribution is -2.61. The molecule has 15 atom stereocenters. The molecule has 3 heterocycles. The van der Waals surface area contributed by atoms with Crippen molar-refractivity contribution in [2.45, 2.75) is 180 Å². The van der Waals surface area contributed by atoms with Crippen LogP contribution in [-0.4, -0.2) is 132 Å². The molecule has 4 rings (SSSR count). The Morgan fingerprint density at radius 3 is 2.25 bits per heavy atom. The number of ether oxygens (including phenoxy) is 5. The van der Waals surface area contributed by atoms with E-state index in [0.29, 0.717) is 63.4 Å². The Hall–Kier alpha value is -3.37. The number of methoxy groups -OCH3 is 3. The molecule has 366 valence electrons. The summed E-state index contributed by atoms with van der Waals surface area (Å²) in [6, 6.07) is -1.14. The third-order valence-corrected chi connectivity index (χ3v) is 14.5. The van der Waals surface area contributed by atoms with E-state index in [4.69, 9.17) is 23.7 Å². The van der Waals surface area contributed by atoms with E-state index in [1.54, 1.807) is 41.1 Å². The molecule has 3 aliphatic heterocycles. The number of hydrogen-bond acceptors (Lipinski definition) is 13. The van der Waals surface area contributed by atoms with Gasteiger partial charge in [-0.15, -0.1) is 0 Å². The first kappa shape index (κ1) is 54.2. The zero-order valence-electron chi connectivity index (χ0n) is 40.6. The summed E-state index contributed by atoms with van der Waals surface area (Å²) in [5.74, 6) is -7.96. The summed E-state index contributed by atoms with van der Waals surface area (Å²) in [5, 5.41) is 33.8. The van der Waals surface area contributed by atoms with Crippen molar-refractivity contribution in [3.8, 4) is 0 Å². The van der Waals surface area contributed by atoms with E-state index in [1.807, 2.05) is 58.1 Å². The van der Waals surface area contributed by atoms with Gasteiger partial charge >= 0.3 is 5.97 Å². The van der Waals surface area contributed by atoms with Gasteiger partial charge in [-0.3, -0.25) is 19.2 Å².